The largest absolute Gasteiger partial charge is 0.389 e. The number of nitrogens with two attached hydrogens (primary N) is 1. The van der Waals surface area contributed by atoms with E-state index < -0.39 is 0 Å². The molecule has 0 aliphatic carbocycles. The van der Waals surface area contributed by atoms with Crippen molar-refractivity contribution in [2.75, 3.05) is 5.32 Å². The Balaban J connectivity index is 2.28. The van der Waals surface area contributed by atoms with Crippen LogP contribution in [-0.4, -0.2) is 9.97 Å². The molecule has 0 bridgehead atoms. The van der Waals surface area contributed by atoms with E-state index in [9.17, 15) is 0 Å². The molecular formula is C13H15N3S2. The summed E-state index contributed by atoms with van der Waals surface area (Å²) in [6.07, 6.45) is 0. The van der Waals surface area contributed by atoms with Gasteiger partial charge in [-0.25, -0.2) is 0 Å². The van der Waals surface area contributed by atoms with Gasteiger partial charge in [0.1, 0.15) is 4.99 Å². The van der Waals surface area contributed by atoms with Gasteiger partial charge in [-0.1, -0.05) is 18.3 Å². The zero-order valence-electron chi connectivity index (χ0n) is 10.4. The van der Waals surface area contributed by atoms with Crippen LogP contribution >= 0.6 is 23.6 Å². The van der Waals surface area contributed by atoms with E-state index in [0.717, 1.165) is 29.2 Å². The summed E-state index contributed by atoms with van der Waals surface area (Å²) < 4.78 is 0. The normalized spacial score (nSPS) is 10.3. The lowest BCUT2D eigenvalue weighted by Gasteiger charge is -2.13. The van der Waals surface area contributed by atoms with Gasteiger partial charge in [0, 0.05) is 28.5 Å². The smallest absolute Gasteiger partial charge is 0.107 e. The number of pyridine rings is 1. The Morgan fingerprint density at radius 3 is 2.89 bits per heavy atom. The predicted molar refractivity (Wildman–Crippen MR) is 81.2 cm³/mol. The lowest BCUT2D eigenvalue weighted by molar-refractivity contribution is 1.09. The zero-order valence-corrected chi connectivity index (χ0v) is 12.0. The van der Waals surface area contributed by atoms with Crippen molar-refractivity contribution in [3.63, 3.8) is 0 Å². The fourth-order valence-electron chi connectivity index (χ4n) is 1.87. The topological polar surface area (TPSA) is 50.9 Å². The molecule has 3 nitrogen and oxygen atoms in total. The van der Waals surface area contributed by atoms with Crippen LogP contribution in [0.1, 0.15) is 21.8 Å². The summed E-state index contributed by atoms with van der Waals surface area (Å²) in [6.45, 7) is 4.67. The van der Waals surface area contributed by atoms with E-state index in [1.54, 1.807) is 11.3 Å². The number of aryl methyl sites for hydroxylation is 2. The molecule has 2 rings (SSSR count). The van der Waals surface area contributed by atoms with Gasteiger partial charge in [-0.05, 0) is 31.4 Å². The van der Waals surface area contributed by atoms with Crippen LogP contribution < -0.4 is 11.1 Å². The Kier molecular flexibility index (Phi) is 3.93. The van der Waals surface area contributed by atoms with Crippen LogP contribution in [-0.2, 0) is 6.54 Å². The fraction of sp³-hybridized carbons (Fsp3) is 0.231. The average molecular weight is 277 g/mol. The highest BCUT2D eigenvalue weighted by Crippen LogP contribution is 2.21. The van der Waals surface area contributed by atoms with E-state index >= 15 is 0 Å². The van der Waals surface area contributed by atoms with E-state index in [1.807, 2.05) is 26.0 Å². The van der Waals surface area contributed by atoms with Crippen molar-refractivity contribution < 1.29 is 0 Å². The molecular weight excluding hydrogens is 262 g/mol. The fourth-order valence-corrected chi connectivity index (χ4v) is 2.78. The van der Waals surface area contributed by atoms with Crippen LogP contribution in [0.25, 0.3) is 0 Å². The molecule has 0 amide bonds. The van der Waals surface area contributed by atoms with Crippen LogP contribution in [0.15, 0.2) is 23.6 Å². The molecule has 0 aromatic carbocycles. The van der Waals surface area contributed by atoms with E-state index in [-0.39, 0.29) is 0 Å². The molecule has 0 spiro atoms. The maximum atomic E-state index is 5.77. The molecule has 0 saturated carbocycles. The summed E-state index contributed by atoms with van der Waals surface area (Å²) in [5.41, 5.74) is 9.40. The highest BCUT2D eigenvalue weighted by Gasteiger charge is 2.10. The first-order valence-corrected chi connectivity index (χ1v) is 6.91. The molecule has 5 heteroatoms. The number of thiophene rings is 1. The number of rotatable bonds is 4. The highest BCUT2D eigenvalue weighted by atomic mass is 32.1. The molecule has 0 fully saturated rings. The van der Waals surface area contributed by atoms with Crippen molar-refractivity contribution in [1.82, 2.24) is 4.98 Å². The van der Waals surface area contributed by atoms with Crippen LogP contribution in [0.3, 0.4) is 0 Å². The highest BCUT2D eigenvalue weighted by molar-refractivity contribution is 7.80. The van der Waals surface area contributed by atoms with Gasteiger partial charge in [0.2, 0.25) is 0 Å². The molecule has 2 heterocycles. The third-order valence-electron chi connectivity index (χ3n) is 2.61. The third kappa shape index (κ3) is 2.86. The first-order chi connectivity index (χ1) is 8.58. The summed E-state index contributed by atoms with van der Waals surface area (Å²) in [6, 6.07) is 6.12. The number of thiocarbonyl (C=S) groups is 1. The molecule has 18 heavy (non-hydrogen) atoms. The minimum atomic E-state index is 0.383. The molecule has 94 valence electrons. The van der Waals surface area contributed by atoms with Gasteiger partial charge in [-0.15, -0.1) is 11.3 Å². The van der Waals surface area contributed by atoms with Crippen molar-refractivity contribution in [3.05, 3.63) is 45.4 Å². The van der Waals surface area contributed by atoms with E-state index in [0.29, 0.717) is 4.99 Å². The number of hydrogen-bond donors (Lipinski definition) is 2. The summed E-state index contributed by atoms with van der Waals surface area (Å²) in [5, 5.41) is 5.45. The van der Waals surface area contributed by atoms with Gasteiger partial charge < -0.3 is 11.1 Å². The third-order valence-corrected chi connectivity index (χ3v) is 3.69. The Labute approximate surface area is 116 Å². The Bertz CT molecular complexity index is 562. The van der Waals surface area contributed by atoms with E-state index in [2.05, 4.69) is 21.7 Å². The van der Waals surface area contributed by atoms with Gasteiger partial charge in [0.05, 0.1) is 5.56 Å². The molecule has 0 aliphatic heterocycles. The molecule has 0 radical (unpaired) electrons. The number of aromatic nitrogens is 1. The summed E-state index contributed by atoms with van der Waals surface area (Å²) in [7, 11) is 0. The van der Waals surface area contributed by atoms with E-state index in [1.165, 1.54) is 4.88 Å². The summed E-state index contributed by atoms with van der Waals surface area (Å²) in [4.78, 5) is 6.05. The van der Waals surface area contributed by atoms with Crippen LogP contribution in [0.2, 0.25) is 0 Å². The minimum absolute atomic E-state index is 0.383. The van der Waals surface area contributed by atoms with Crippen LogP contribution in [0.5, 0.6) is 0 Å². The maximum Gasteiger partial charge on any atom is 0.107 e. The lowest BCUT2D eigenvalue weighted by Crippen LogP contribution is -2.16. The number of nitrogens with zero attached hydrogens (tertiary/aromatic N) is 1. The van der Waals surface area contributed by atoms with Gasteiger partial charge in [-0.3, -0.25) is 4.98 Å². The lowest BCUT2D eigenvalue weighted by atomic mass is 10.1. The van der Waals surface area contributed by atoms with Crippen LogP contribution in [0.4, 0.5) is 5.69 Å². The first-order valence-electron chi connectivity index (χ1n) is 5.62. The monoisotopic (exact) mass is 277 g/mol. The second-order valence-corrected chi connectivity index (χ2v) is 5.54. The Hall–Kier alpha value is -1.46. The van der Waals surface area contributed by atoms with Gasteiger partial charge in [0.15, 0.2) is 0 Å². The average Bonchev–Trinajstić information content (AvgIpc) is 2.77. The maximum absolute atomic E-state index is 5.77. The Morgan fingerprint density at radius 2 is 2.28 bits per heavy atom. The van der Waals surface area contributed by atoms with Crippen molar-refractivity contribution >= 4 is 34.2 Å². The van der Waals surface area contributed by atoms with Gasteiger partial charge in [0.25, 0.3) is 0 Å². The van der Waals surface area contributed by atoms with Gasteiger partial charge in [-0.2, -0.15) is 0 Å². The van der Waals surface area contributed by atoms with Crippen molar-refractivity contribution in [1.29, 1.82) is 0 Å². The molecule has 3 N–H and O–H groups in total. The predicted octanol–water partition coefficient (Wildman–Crippen LogP) is 3.01. The number of hydrogen-bond acceptors (Lipinski definition) is 4. The molecule has 0 aliphatic rings. The second kappa shape index (κ2) is 5.46. The van der Waals surface area contributed by atoms with Crippen LogP contribution in [0, 0.1) is 13.8 Å². The standard InChI is InChI=1S/C13H15N3S2/c1-8-6-11(12(13(14)17)9(2)16-8)15-7-10-4-3-5-18-10/h3-6H,7H2,1-2H3,(H2,14,17)(H,15,16). The number of nitrogens with one attached hydrogen (secondary N) is 1. The minimum Gasteiger partial charge on any atom is -0.389 e. The zero-order chi connectivity index (χ0) is 13.1. The SMILES string of the molecule is Cc1cc(NCc2cccs2)c(C(N)=S)c(C)n1. The molecule has 2 aromatic heterocycles. The van der Waals surface area contributed by atoms with Crippen molar-refractivity contribution in [3.8, 4) is 0 Å². The Morgan fingerprint density at radius 1 is 1.50 bits per heavy atom. The molecule has 0 atom stereocenters. The van der Waals surface area contributed by atoms with Crippen molar-refractivity contribution in [2.24, 2.45) is 5.73 Å². The number of anilines is 1. The van der Waals surface area contributed by atoms with Crippen molar-refractivity contribution in [2.45, 2.75) is 20.4 Å². The quantitative estimate of drug-likeness (QED) is 0.844. The molecule has 0 unspecified atom stereocenters. The molecule has 0 saturated heterocycles. The van der Waals surface area contributed by atoms with Gasteiger partial charge >= 0.3 is 0 Å². The summed E-state index contributed by atoms with van der Waals surface area (Å²) in [5.74, 6) is 0. The van der Waals surface area contributed by atoms with E-state index in [4.69, 9.17) is 18.0 Å². The molecule has 2 aromatic rings. The second-order valence-electron chi connectivity index (χ2n) is 4.07. The summed E-state index contributed by atoms with van der Waals surface area (Å²) >= 11 is 6.82. The first kappa shape index (κ1) is 13.0.